The second kappa shape index (κ2) is 3.53. The van der Waals surface area contributed by atoms with E-state index in [1.165, 1.54) is 29.5 Å². The molecule has 0 saturated carbocycles. The Labute approximate surface area is 90.6 Å². The molecule has 0 aliphatic carbocycles. The molecule has 0 amide bonds. The number of fused-ring (bicyclic) bond motifs is 1. The molecule has 0 spiro atoms. The van der Waals surface area contributed by atoms with Gasteiger partial charge in [0.25, 0.3) is 0 Å². The van der Waals surface area contributed by atoms with Crippen molar-refractivity contribution in [2.75, 3.05) is 13.2 Å². The summed E-state index contributed by atoms with van der Waals surface area (Å²) in [4.78, 5) is 0. The average molecular weight is 203 g/mol. The summed E-state index contributed by atoms with van der Waals surface area (Å²) in [5.74, 6) is 1.14. The first-order chi connectivity index (χ1) is 7.34. The monoisotopic (exact) mass is 203 g/mol. The van der Waals surface area contributed by atoms with Gasteiger partial charge in [0.1, 0.15) is 5.75 Å². The number of ether oxygens (including phenoxy) is 1. The number of hydrogen-bond donors (Lipinski definition) is 1. The van der Waals surface area contributed by atoms with E-state index in [4.69, 9.17) is 4.74 Å². The van der Waals surface area contributed by atoms with Gasteiger partial charge in [-0.1, -0.05) is 12.1 Å². The molecule has 2 nitrogen and oxygen atoms in total. The van der Waals surface area contributed by atoms with Gasteiger partial charge in [-0.2, -0.15) is 0 Å². The quantitative estimate of drug-likeness (QED) is 0.756. The Morgan fingerprint density at radius 1 is 1.40 bits per heavy atom. The van der Waals surface area contributed by atoms with Crippen molar-refractivity contribution in [1.29, 1.82) is 0 Å². The van der Waals surface area contributed by atoms with Crippen molar-refractivity contribution in [3.63, 3.8) is 0 Å². The van der Waals surface area contributed by atoms with Gasteiger partial charge >= 0.3 is 0 Å². The second-order valence-electron chi connectivity index (χ2n) is 4.57. The van der Waals surface area contributed by atoms with Crippen molar-refractivity contribution in [3.05, 3.63) is 28.8 Å². The molecule has 15 heavy (non-hydrogen) atoms. The smallest absolute Gasteiger partial charge is 0.125 e. The summed E-state index contributed by atoms with van der Waals surface area (Å²) in [7, 11) is 0. The molecule has 1 aromatic rings. The van der Waals surface area contributed by atoms with Crippen LogP contribution in [-0.2, 0) is 6.42 Å². The third-order valence-corrected chi connectivity index (χ3v) is 3.45. The predicted molar refractivity (Wildman–Crippen MR) is 60.4 cm³/mol. The number of hydrogen-bond acceptors (Lipinski definition) is 2. The average Bonchev–Trinajstić information content (AvgIpc) is 2.88. The third kappa shape index (κ3) is 1.53. The topological polar surface area (TPSA) is 21.3 Å². The molecule has 3 rings (SSSR count). The number of rotatable bonds is 1. The Bertz CT molecular complexity index is 380. The molecule has 1 N–H and O–H groups in total. The van der Waals surface area contributed by atoms with E-state index in [1.807, 2.05) is 0 Å². The van der Waals surface area contributed by atoms with Crippen LogP contribution >= 0.6 is 0 Å². The maximum atomic E-state index is 5.63. The maximum Gasteiger partial charge on any atom is 0.125 e. The molecule has 0 radical (unpaired) electrons. The summed E-state index contributed by atoms with van der Waals surface area (Å²) in [5.41, 5.74) is 4.15. The van der Waals surface area contributed by atoms with E-state index in [0.717, 1.165) is 25.3 Å². The molecule has 2 aliphatic rings. The summed E-state index contributed by atoms with van der Waals surface area (Å²) in [6.45, 7) is 4.18. The maximum absolute atomic E-state index is 5.63. The van der Waals surface area contributed by atoms with E-state index < -0.39 is 0 Å². The number of benzene rings is 1. The fourth-order valence-corrected chi connectivity index (χ4v) is 2.70. The van der Waals surface area contributed by atoms with E-state index >= 15 is 0 Å². The first-order valence-electron chi connectivity index (χ1n) is 5.84. The van der Waals surface area contributed by atoms with Crippen LogP contribution in [0.1, 0.15) is 35.6 Å². The zero-order valence-electron chi connectivity index (χ0n) is 9.18. The van der Waals surface area contributed by atoms with Crippen molar-refractivity contribution < 1.29 is 4.74 Å². The lowest BCUT2D eigenvalue weighted by Crippen LogP contribution is -2.13. The van der Waals surface area contributed by atoms with Gasteiger partial charge in [-0.05, 0) is 43.0 Å². The molecule has 2 heterocycles. The van der Waals surface area contributed by atoms with Gasteiger partial charge in [-0.15, -0.1) is 0 Å². The summed E-state index contributed by atoms with van der Waals surface area (Å²) < 4.78 is 5.63. The van der Waals surface area contributed by atoms with Crippen molar-refractivity contribution in [2.24, 2.45) is 0 Å². The molecule has 1 saturated heterocycles. The van der Waals surface area contributed by atoms with Crippen LogP contribution in [0.5, 0.6) is 5.75 Å². The van der Waals surface area contributed by atoms with Crippen LogP contribution in [0.15, 0.2) is 12.1 Å². The third-order valence-electron chi connectivity index (χ3n) is 3.45. The Morgan fingerprint density at radius 2 is 2.33 bits per heavy atom. The standard InChI is InChI=1S/C13H17NO/c1-9-7-11(12-3-2-5-14-12)8-10-4-6-15-13(9)10/h7-8,12,14H,2-6H2,1H3/t12-/m1/s1. The Hall–Kier alpha value is -1.02. The van der Waals surface area contributed by atoms with E-state index in [-0.39, 0.29) is 0 Å². The van der Waals surface area contributed by atoms with E-state index in [2.05, 4.69) is 24.4 Å². The normalized spacial score (nSPS) is 23.9. The van der Waals surface area contributed by atoms with Crippen LogP contribution in [0.3, 0.4) is 0 Å². The zero-order valence-corrected chi connectivity index (χ0v) is 9.18. The lowest BCUT2D eigenvalue weighted by atomic mass is 9.98. The fourth-order valence-electron chi connectivity index (χ4n) is 2.70. The van der Waals surface area contributed by atoms with E-state index in [1.54, 1.807) is 0 Å². The van der Waals surface area contributed by atoms with Gasteiger partial charge in [-0.3, -0.25) is 0 Å². The Morgan fingerprint density at radius 3 is 3.13 bits per heavy atom. The van der Waals surface area contributed by atoms with Crippen molar-refractivity contribution in [2.45, 2.75) is 32.2 Å². The molecule has 0 unspecified atom stereocenters. The minimum Gasteiger partial charge on any atom is -0.493 e. The van der Waals surface area contributed by atoms with Crippen LogP contribution in [0.25, 0.3) is 0 Å². The van der Waals surface area contributed by atoms with E-state index in [0.29, 0.717) is 6.04 Å². The minimum atomic E-state index is 0.578. The van der Waals surface area contributed by atoms with Crippen molar-refractivity contribution in [1.82, 2.24) is 5.32 Å². The Kier molecular flexibility index (Phi) is 2.17. The highest BCUT2D eigenvalue weighted by Gasteiger charge is 2.21. The molecule has 2 aliphatic heterocycles. The van der Waals surface area contributed by atoms with Gasteiger partial charge in [0, 0.05) is 12.5 Å². The fraction of sp³-hybridized carbons (Fsp3) is 0.538. The molecule has 1 aromatic carbocycles. The highest BCUT2D eigenvalue weighted by atomic mass is 16.5. The number of aryl methyl sites for hydroxylation is 1. The summed E-state index contributed by atoms with van der Waals surface area (Å²) in [5, 5.41) is 3.55. The predicted octanol–water partition coefficient (Wildman–Crippen LogP) is 2.35. The molecular weight excluding hydrogens is 186 g/mol. The summed E-state index contributed by atoms with van der Waals surface area (Å²) in [6.07, 6.45) is 3.66. The SMILES string of the molecule is Cc1cc([C@H]2CCCN2)cc2c1OCC2. The summed E-state index contributed by atoms with van der Waals surface area (Å²) >= 11 is 0. The van der Waals surface area contributed by atoms with Crippen molar-refractivity contribution >= 4 is 0 Å². The van der Waals surface area contributed by atoms with E-state index in [9.17, 15) is 0 Å². The Balaban J connectivity index is 1.99. The first-order valence-corrected chi connectivity index (χ1v) is 5.84. The van der Waals surface area contributed by atoms with Gasteiger partial charge in [-0.25, -0.2) is 0 Å². The lowest BCUT2D eigenvalue weighted by molar-refractivity contribution is 0.354. The van der Waals surface area contributed by atoms with Crippen LogP contribution in [0.2, 0.25) is 0 Å². The van der Waals surface area contributed by atoms with Crippen LogP contribution in [0, 0.1) is 6.92 Å². The molecule has 0 bridgehead atoms. The molecule has 2 heteroatoms. The van der Waals surface area contributed by atoms with Gasteiger partial charge < -0.3 is 10.1 Å². The molecule has 1 atom stereocenters. The zero-order chi connectivity index (χ0) is 10.3. The van der Waals surface area contributed by atoms with Crippen LogP contribution in [0.4, 0.5) is 0 Å². The molecule has 1 fully saturated rings. The largest absolute Gasteiger partial charge is 0.493 e. The van der Waals surface area contributed by atoms with Crippen molar-refractivity contribution in [3.8, 4) is 5.75 Å². The highest BCUT2D eigenvalue weighted by molar-refractivity contribution is 5.47. The minimum absolute atomic E-state index is 0.578. The molecule has 80 valence electrons. The summed E-state index contributed by atoms with van der Waals surface area (Å²) in [6, 6.07) is 5.19. The van der Waals surface area contributed by atoms with Crippen LogP contribution in [-0.4, -0.2) is 13.2 Å². The van der Waals surface area contributed by atoms with Gasteiger partial charge in [0.05, 0.1) is 6.61 Å². The molecule has 0 aromatic heterocycles. The molecular formula is C13H17NO. The van der Waals surface area contributed by atoms with Gasteiger partial charge in [0.2, 0.25) is 0 Å². The first kappa shape index (κ1) is 9.22. The number of nitrogens with one attached hydrogen (secondary N) is 1. The van der Waals surface area contributed by atoms with Gasteiger partial charge in [0.15, 0.2) is 0 Å². The van der Waals surface area contributed by atoms with Crippen LogP contribution < -0.4 is 10.1 Å². The highest BCUT2D eigenvalue weighted by Crippen LogP contribution is 2.34. The lowest BCUT2D eigenvalue weighted by Gasteiger charge is -2.13. The second-order valence-corrected chi connectivity index (χ2v) is 4.57.